The molecule has 212 valence electrons. The molecule has 0 spiro atoms. The zero-order valence-corrected chi connectivity index (χ0v) is 22.0. The van der Waals surface area contributed by atoms with E-state index < -0.39 is 24.1 Å². The highest BCUT2D eigenvalue weighted by Gasteiger charge is 2.30. The number of aliphatic carboxylic acids is 2. The zero-order valence-electron chi connectivity index (χ0n) is 22.0. The fraction of sp³-hybridized carbons (Fsp3) is 0.522. The molecule has 15 nitrogen and oxygen atoms in total. The summed E-state index contributed by atoms with van der Waals surface area (Å²) >= 11 is 0. The SMILES string of the molecule is C#N.CC(=O)O.CC(=O)O.CC(C)C(C=O)NC(=O)OCC1CCC(c2ccc3c(N)ncnn23)O1.CO. The molecule has 2 aromatic rings. The number of alkyl carbamates (subject to hydrolysis) is 1. The van der Waals surface area contributed by atoms with Gasteiger partial charge in [0.05, 0.1) is 17.8 Å². The first-order valence-corrected chi connectivity index (χ1v) is 11.2. The van der Waals surface area contributed by atoms with Gasteiger partial charge in [0.2, 0.25) is 0 Å². The number of aldehydes is 1. The van der Waals surface area contributed by atoms with Crippen LogP contribution in [0.25, 0.3) is 5.52 Å². The molecule has 0 bridgehead atoms. The van der Waals surface area contributed by atoms with E-state index in [-0.39, 0.29) is 24.7 Å². The van der Waals surface area contributed by atoms with Crippen LogP contribution in [-0.4, -0.2) is 80.1 Å². The van der Waals surface area contributed by atoms with Gasteiger partial charge in [0, 0.05) is 27.5 Å². The molecule has 3 unspecified atom stereocenters. The summed E-state index contributed by atoms with van der Waals surface area (Å²) < 4.78 is 12.9. The number of carbonyl (C=O) groups excluding carboxylic acids is 2. The molecule has 2 aromatic heterocycles. The summed E-state index contributed by atoms with van der Waals surface area (Å²) in [6.45, 7) is 9.50. The molecule has 3 atom stereocenters. The first-order valence-electron chi connectivity index (χ1n) is 11.2. The minimum absolute atomic E-state index is 0.00392. The van der Waals surface area contributed by atoms with Gasteiger partial charge in [-0.2, -0.15) is 5.10 Å². The summed E-state index contributed by atoms with van der Waals surface area (Å²) in [4.78, 5) is 44.7. The average Bonchev–Trinajstić information content (AvgIpc) is 3.50. The molecule has 0 aliphatic carbocycles. The molecule has 1 amide bonds. The van der Waals surface area contributed by atoms with Crippen molar-refractivity contribution in [1.82, 2.24) is 19.9 Å². The van der Waals surface area contributed by atoms with Crippen molar-refractivity contribution in [2.75, 3.05) is 19.5 Å². The number of hydrogen-bond donors (Lipinski definition) is 5. The lowest BCUT2D eigenvalue weighted by Gasteiger charge is -2.17. The number of nitrogens with two attached hydrogens (primary N) is 1. The first-order chi connectivity index (χ1) is 18.0. The van der Waals surface area contributed by atoms with E-state index in [0.29, 0.717) is 12.1 Å². The van der Waals surface area contributed by atoms with Crippen molar-refractivity contribution in [2.45, 2.75) is 58.8 Å². The number of carbonyl (C=O) groups is 4. The molecule has 1 aliphatic heterocycles. The van der Waals surface area contributed by atoms with Crippen LogP contribution in [0.5, 0.6) is 0 Å². The number of rotatable bonds is 6. The molecular weight excluding hydrogens is 504 g/mol. The van der Waals surface area contributed by atoms with E-state index in [4.69, 9.17) is 45.4 Å². The second kappa shape index (κ2) is 19.8. The summed E-state index contributed by atoms with van der Waals surface area (Å²) in [6.07, 6.45) is 2.69. The van der Waals surface area contributed by atoms with E-state index in [1.54, 1.807) is 4.52 Å². The lowest BCUT2D eigenvalue weighted by atomic mass is 10.1. The van der Waals surface area contributed by atoms with Gasteiger partial charge in [0.1, 0.15) is 30.8 Å². The van der Waals surface area contributed by atoms with E-state index in [2.05, 4.69) is 22.0 Å². The quantitative estimate of drug-likeness (QED) is 0.326. The number of nitriles is 1. The van der Waals surface area contributed by atoms with Crippen LogP contribution < -0.4 is 11.1 Å². The number of fused-ring (bicyclic) bond motifs is 1. The van der Waals surface area contributed by atoms with Crippen LogP contribution in [0, 0.1) is 17.8 Å². The largest absolute Gasteiger partial charge is 0.481 e. The van der Waals surface area contributed by atoms with E-state index in [1.165, 1.54) is 6.33 Å². The molecule has 3 rings (SSSR count). The van der Waals surface area contributed by atoms with E-state index in [1.807, 2.05) is 26.0 Å². The number of carboxylic acids is 2. The van der Waals surface area contributed by atoms with Crippen LogP contribution in [0.1, 0.15) is 52.3 Å². The number of aliphatic hydroxyl groups excluding tert-OH is 1. The molecule has 0 saturated carbocycles. The Bertz CT molecular complexity index is 1010. The van der Waals surface area contributed by atoms with Gasteiger partial charge in [-0.3, -0.25) is 9.59 Å². The predicted molar refractivity (Wildman–Crippen MR) is 135 cm³/mol. The fourth-order valence-corrected chi connectivity index (χ4v) is 2.97. The average molecular weight is 541 g/mol. The third kappa shape index (κ3) is 13.7. The maximum atomic E-state index is 11.8. The van der Waals surface area contributed by atoms with E-state index in [0.717, 1.165) is 45.0 Å². The molecule has 15 heteroatoms. The maximum absolute atomic E-state index is 11.8. The molecule has 1 saturated heterocycles. The number of amides is 1. The van der Waals surface area contributed by atoms with Crippen LogP contribution in [0.15, 0.2) is 18.5 Å². The van der Waals surface area contributed by atoms with Gasteiger partial charge in [-0.1, -0.05) is 13.8 Å². The van der Waals surface area contributed by atoms with Gasteiger partial charge >= 0.3 is 6.09 Å². The number of aliphatic hydroxyl groups is 1. The number of carboxylic acid groups (broad SMARTS) is 2. The van der Waals surface area contributed by atoms with Crippen molar-refractivity contribution < 1.29 is 44.0 Å². The highest BCUT2D eigenvalue weighted by Crippen LogP contribution is 2.33. The molecular formula is C23H36N6O9. The molecule has 38 heavy (non-hydrogen) atoms. The van der Waals surface area contributed by atoms with E-state index in [9.17, 15) is 9.59 Å². The van der Waals surface area contributed by atoms with Gasteiger partial charge in [-0.15, -0.1) is 0 Å². The van der Waals surface area contributed by atoms with Gasteiger partial charge in [-0.25, -0.2) is 19.6 Å². The van der Waals surface area contributed by atoms with Crippen molar-refractivity contribution in [3.63, 3.8) is 0 Å². The normalized spacial score (nSPS) is 15.9. The number of nitrogen functional groups attached to an aromatic ring is 1. The number of ether oxygens (including phenoxy) is 2. The van der Waals surface area contributed by atoms with Gasteiger partial charge in [0.25, 0.3) is 11.9 Å². The number of anilines is 1. The third-order valence-electron chi connectivity index (χ3n) is 4.50. The Morgan fingerprint density at radius 3 is 2.29 bits per heavy atom. The number of nitrogens with one attached hydrogen (secondary N) is 1. The highest BCUT2D eigenvalue weighted by molar-refractivity contribution is 5.73. The standard InChI is InChI=1S/C17H23N5O4.2C2H4O2.CHN.CH4O/c1-10(2)12(7-23)21-17(24)25-8-11-3-6-15(26-11)13-4-5-14-16(18)19-9-20-22(13)14;2*1-2(3)4;2*1-2/h4-5,7,9-12,15H,3,6,8H2,1-2H3,(H,21,24)(H2,18,19,20);2*1H3,(H,3,4);1H;2H,1H3. The Labute approximate surface area is 220 Å². The molecule has 0 radical (unpaired) electrons. The Kier molecular flexibility index (Phi) is 18.7. The molecule has 0 aromatic carbocycles. The highest BCUT2D eigenvalue weighted by atomic mass is 16.6. The number of aromatic nitrogens is 3. The van der Waals surface area contributed by atoms with Gasteiger partial charge < -0.3 is 40.6 Å². The molecule has 1 fully saturated rings. The van der Waals surface area contributed by atoms with E-state index >= 15 is 0 Å². The summed E-state index contributed by atoms with van der Waals surface area (Å²) in [5, 5.41) is 35.1. The molecule has 1 aliphatic rings. The first kappa shape index (κ1) is 35.9. The van der Waals surface area contributed by atoms with Crippen molar-refractivity contribution >= 4 is 35.7 Å². The smallest absolute Gasteiger partial charge is 0.407 e. The van der Waals surface area contributed by atoms with Crippen LogP contribution in [-0.2, 0) is 23.9 Å². The fourth-order valence-electron chi connectivity index (χ4n) is 2.97. The van der Waals surface area contributed by atoms with Crippen LogP contribution in [0.2, 0.25) is 0 Å². The van der Waals surface area contributed by atoms with Crippen molar-refractivity contribution in [3.8, 4) is 6.57 Å². The van der Waals surface area contributed by atoms with Gasteiger partial charge in [-0.05, 0) is 30.9 Å². The summed E-state index contributed by atoms with van der Waals surface area (Å²) in [7, 11) is 1.00. The Morgan fingerprint density at radius 2 is 1.79 bits per heavy atom. The predicted octanol–water partition coefficient (Wildman–Crippen LogP) is 1.41. The lowest BCUT2D eigenvalue weighted by molar-refractivity contribution is -0.135. The minimum atomic E-state index is -0.833. The number of hydrogen-bond acceptors (Lipinski definition) is 11. The lowest BCUT2D eigenvalue weighted by Crippen LogP contribution is -2.40. The summed E-state index contributed by atoms with van der Waals surface area (Å²) in [6, 6.07) is 3.21. The summed E-state index contributed by atoms with van der Waals surface area (Å²) in [5.74, 6) is -1.25. The number of nitrogens with zero attached hydrogens (tertiary/aromatic N) is 4. The maximum Gasteiger partial charge on any atom is 0.407 e. The summed E-state index contributed by atoms with van der Waals surface area (Å²) in [5.41, 5.74) is 7.47. The molecule has 6 N–H and O–H groups in total. The zero-order chi connectivity index (χ0) is 29.8. The Hall–Kier alpha value is -4.29. The van der Waals surface area contributed by atoms with Crippen LogP contribution in [0.3, 0.4) is 0 Å². The van der Waals surface area contributed by atoms with Crippen LogP contribution in [0.4, 0.5) is 10.6 Å². The second-order valence-electron chi connectivity index (χ2n) is 7.71. The monoisotopic (exact) mass is 540 g/mol. The Balaban J connectivity index is 0. The second-order valence-corrected chi connectivity index (χ2v) is 7.71. The topological polar surface area (TPSA) is 239 Å². The van der Waals surface area contributed by atoms with Crippen molar-refractivity contribution in [3.05, 3.63) is 24.2 Å². The minimum Gasteiger partial charge on any atom is -0.481 e. The van der Waals surface area contributed by atoms with Crippen LogP contribution >= 0.6 is 0 Å². The van der Waals surface area contributed by atoms with Crippen molar-refractivity contribution in [1.29, 1.82) is 5.26 Å². The molecule has 3 heterocycles. The Morgan fingerprint density at radius 1 is 1.24 bits per heavy atom. The van der Waals surface area contributed by atoms with Crippen molar-refractivity contribution in [2.24, 2.45) is 5.92 Å². The third-order valence-corrected chi connectivity index (χ3v) is 4.50. The van der Waals surface area contributed by atoms with Gasteiger partial charge in [0.15, 0.2) is 5.82 Å².